The fraction of sp³-hybridized carbons (Fsp3) is 0.455. The molecule has 19 heavy (non-hydrogen) atoms. The number of urea groups is 1. The van der Waals surface area contributed by atoms with Crippen molar-refractivity contribution < 1.29 is 19.5 Å². The first-order chi connectivity index (χ1) is 8.99. The summed E-state index contributed by atoms with van der Waals surface area (Å²) >= 11 is 1.43. The molecule has 0 spiro atoms. The van der Waals surface area contributed by atoms with Crippen LogP contribution in [0.15, 0.2) is 10.9 Å². The summed E-state index contributed by atoms with van der Waals surface area (Å²) < 4.78 is 0. The van der Waals surface area contributed by atoms with Gasteiger partial charge in [-0.3, -0.25) is 14.9 Å². The number of thiazole rings is 1. The number of carbonyl (C=O) groups is 3. The van der Waals surface area contributed by atoms with E-state index in [2.05, 4.69) is 10.3 Å². The molecule has 0 fully saturated rings. The molecule has 104 valence electrons. The van der Waals surface area contributed by atoms with Gasteiger partial charge < -0.3 is 10.0 Å². The normalized spacial score (nSPS) is 9.95. The van der Waals surface area contributed by atoms with E-state index in [0.717, 1.165) is 5.69 Å². The van der Waals surface area contributed by atoms with E-state index in [1.54, 1.807) is 12.6 Å². The Morgan fingerprint density at radius 3 is 2.74 bits per heavy atom. The second-order valence-corrected chi connectivity index (χ2v) is 4.66. The van der Waals surface area contributed by atoms with E-state index in [1.165, 1.54) is 16.2 Å². The third-order valence-corrected chi connectivity index (χ3v) is 2.91. The van der Waals surface area contributed by atoms with E-state index >= 15 is 0 Å². The van der Waals surface area contributed by atoms with E-state index in [0.29, 0.717) is 6.54 Å². The van der Waals surface area contributed by atoms with Gasteiger partial charge in [0.25, 0.3) is 0 Å². The average Bonchev–Trinajstić information content (AvgIpc) is 2.81. The van der Waals surface area contributed by atoms with Gasteiger partial charge >= 0.3 is 12.0 Å². The van der Waals surface area contributed by atoms with Crippen LogP contribution in [0.1, 0.15) is 25.0 Å². The summed E-state index contributed by atoms with van der Waals surface area (Å²) in [5, 5.41) is 12.4. The molecule has 0 saturated carbocycles. The van der Waals surface area contributed by atoms with Crippen LogP contribution in [-0.2, 0) is 16.1 Å². The Bertz CT molecular complexity index is 447. The van der Waals surface area contributed by atoms with Crippen molar-refractivity contribution >= 4 is 29.2 Å². The maximum atomic E-state index is 11.6. The highest BCUT2D eigenvalue weighted by atomic mass is 32.1. The lowest BCUT2D eigenvalue weighted by atomic mass is 10.2. The molecule has 1 aromatic heterocycles. The van der Waals surface area contributed by atoms with Crippen molar-refractivity contribution in [3.8, 4) is 0 Å². The first kappa shape index (κ1) is 15.1. The molecule has 0 saturated heterocycles. The molecule has 0 atom stereocenters. The second-order valence-electron chi connectivity index (χ2n) is 3.94. The van der Waals surface area contributed by atoms with Gasteiger partial charge in [-0.2, -0.15) is 0 Å². The predicted octanol–water partition coefficient (Wildman–Crippen LogP) is 1.07. The quantitative estimate of drug-likeness (QED) is 0.814. The summed E-state index contributed by atoms with van der Waals surface area (Å²) in [6, 6.07) is -0.520. The molecule has 1 heterocycles. The van der Waals surface area contributed by atoms with E-state index in [1.807, 2.05) is 5.38 Å². The molecule has 8 heteroatoms. The molecule has 0 aliphatic heterocycles. The minimum atomic E-state index is -0.959. The van der Waals surface area contributed by atoms with Gasteiger partial charge in [0.1, 0.15) is 0 Å². The zero-order valence-electron chi connectivity index (χ0n) is 10.5. The van der Waals surface area contributed by atoms with Crippen LogP contribution < -0.4 is 5.32 Å². The lowest BCUT2D eigenvalue weighted by Gasteiger charge is -2.15. The minimum Gasteiger partial charge on any atom is -0.481 e. The summed E-state index contributed by atoms with van der Waals surface area (Å²) in [6.45, 7) is 0.317. The molecule has 0 aromatic carbocycles. The van der Waals surface area contributed by atoms with Gasteiger partial charge in [-0.05, 0) is 6.42 Å². The number of aliphatic carboxylic acids is 1. The summed E-state index contributed by atoms with van der Waals surface area (Å²) in [5.41, 5.74) is 2.42. The molecule has 1 rings (SSSR count). The van der Waals surface area contributed by atoms with Crippen molar-refractivity contribution in [3.63, 3.8) is 0 Å². The lowest BCUT2D eigenvalue weighted by molar-refractivity contribution is -0.137. The van der Waals surface area contributed by atoms with Crippen molar-refractivity contribution in [1.29, 1.82) is 0 Å². The van der Waals surface area contributed by atoms with Gasteiger partial charge in [-0.1, -0.05) is 0 Å². The van der Waals surface area contributed by atoms with E-state index in [9.17, 15) is 14.4 Å². The summed E-state index contributed by atoms with van der Waals surface area (Å²) in [6.07, 6.45) is 0.142. The highest BCUT2D eigenvalue weighted by molar-refractivity contribution is 7.07. The van der Waals surface area contributed by atoms with Gasteiger partial charge in [0.2, 0.25) is 5.91 Å². The molecule has 7 nitrogen and oxygen atoms in total. The zero-order chi connectivity index (χ0) is 14.3. The Morgan fingerprint density at radius 2 is 2.16 bits per heavy atom. The van der Waals surface area contributed by atoms with E-state index < -0.39 is 17.9 Å². The van der Waals surface area contributed by atoms with Crippen molar-refractivity contribution in [2.24, 2.45) is 0 Å². The maximum Gasteiger partial charge on any atom is 0.324 e. The molecule has 1 aromatic rings. The van der Waals surface area contributed by atoms with Crippen LogP contribution in [0.25, 0.3) is 0 Å². The Kier molecular flexibility index (Phi) is 5.94. The largest absolute Gasteiger partial charge is 0.481 e. The fourth-order valence-corrected chi connectivity index (χ4v) is 1.86. The van der Waals surface area contributed by atoms with Crippen LogP contribution in [0.4, 0.5) is 4.79 Å². The molecule has 0 unspecified atom stereocenters. The molecule has 0 radical (unpaired) electrons. The summed E-state index contributed by atoms with van der Waals surface area (Å²) in [7, 11) is 1.55. The number of carboxylic acid groups (broad SMARTS) is 1. The van der Waals surface area contributed by atoms with E-state index in [-0.39, 0.29) is 19.3 Å². The minimum absolute atomic E-state index is 0.0164. The highest BCUT2D eigenvalue weighted by Crippen LogP contribution is 2.04. The number of nitrogens with zero attached hydrogens (tertiary/aromatic N) is 2. The van der Waals surface area contributed by atoms with Gasteiger partial charge in [0, 0.05) is 25.3 Å². The lowest BCUT2D eigenvalue weighted by Crippen LogP contribution is -2.40. The Labute approximate surface area is 114 Å². The molecular formula is C11H15N3O4S. The maximum absolute atomic E-state index is 11.6. The van der Waals surface area contributed by atoms with Crippen molar-refractivity contribution in [2.45, 2.75) is 25.8 Å². The number of imide groups is 1. The summed E-state index contributed by atoms with van der Waals surface area (Å²) in [4.78, 5) is 38.7. The van der Waals surface area contributed by atoms with Gasteiger partial charge in [-0.15, -0.1) is 11.3 Å². The number of amides is 3. The molecular weight excluding hydrogens is 270 g/mol. The van der Waals surface area contributed by atoms with Gasteiger partial charge in [0.05, 0.1) is 17.7 Å². The first-order valence-electron chi connectivity index (χ1n) is 5.63. The van der Waals surface area contributed by atoms with Crippen LogP contribution in [0, 0.1) is 0 Å². The van der Waals surface area contributed by atoms with Crippen LogP contribution >= 0.6 is 11.3 Å². The SMILES string of the molecule is CN(Cc1cscn1)C(=O)NC(=O)CCCC(=O)O. The number of hydrogen-bond acceptors (Lipinski definition) is 5. The average molecular weight is 285 g/mol. The van der Waals surface area contributed by atoms with Crippen LogP contribution in [0.3, 0.4) is 0 Å². The van der Waals surface area contributed by atoms with Crippen LogP contribution in [-0.4, -0.2) is 39.9 Å². The van der Waals surface area contributed by atoms with E-state index in [4.69, 9.17) is 5.11 Å². The molecule has 0 aliphatic carbocycles. The van der Waals surface area contributed by atoms with Gasteiger partial charge in [-0.25, -0.2) is 9.78 Å². The second kappa shape index (κ2) is 7.47. The van der Waals surface area contributed by atoms with Crippen molar-refractivity contribution in [1.82, 2.24) is 15.2 Å². The van der Waals surface area contributed by atoms with Crippen LogP contribution in [0.2, 0.25) is 0 Å². The zero-order valence-corrected chi connectivity index (χ0v) is 11.3. The topological polar surface area (TPSA) is 99.6 Å². The number of rotatable bonds is 6. The Hall–Kier alpha value is -1.96. The first-order valence-corrected chi connectivity index (χ1v) is 6.57. The number of hydrogen-bond donors (Lipinski definition) is 2. The third kappa shape index (κ3) is 5.96. The summed E-state index contributed by atoms with van der Waals surface area (Å²) in [5.74, 6) is -1.43. The number of carbonyl (C=O) groups excluding carboxylic acids is 2. The number of aromatic nitrogens is 1. The predicted molar refractivity (Wildman–Crippen MR) is 68.6 cm³/mol. The molecule has 3 amide bonds. The highest BCUT2D eigenvalue weighted by Gasteiger charge is 2.13. The molecule has 0 aliphatic rings. The van der Waals surface area contributed by atoms with Crippen LogP contribution in [0.5, 0.6) is 0 Å². The third-order valence-electron chi connectivity index (χ3n) is 2.27. The standard InChI is InChI=1S/C11H15N3O4S/c1-14(5-8-6-19-7-12-8)11(18)13-9(15)3-2-4-10(16)17/h6-7H,2-5H2,1H3,(H,16,17)(H,13,15,18). The monoisotopic (exact) mass is 285 g/mol. The molecule has 0 bridgehead atoms. The Balaban J connectivity index is 2.29. The van der Waals surface area contributed by atoms with Crippen molar-refractivity contribution in [3.05, 3.63) is 16.6 Å². The number of nitrogens with one attached hydrogen (secondary N) is 1. The fourth-order valence-electron chi connectivity index (χ4n) is 1.31. The smallest absolute Gasteiger partial charge is 0.324 e. The number of carboxylic acids is 1. The van der Waals surface area contributed by atoms with Gasteiger partial charge in [0.15, 0.2) is 0 Å². The Morgan fingerprint density at radius 1 is 1.42 bits per heavy atom. The molecule has 2 N–H and O–H groups in total. The van der Waals surface area contributed by atoms with Crippen molar-refractivity contribution in [2.75, 3.05) is 7.05 Å².